The molecule has 18 heavy (non-hydrogen) atoms. The van der Waals surface area contributed by atoms with Crippen LogP contribution in [0.2, 0.25) is 0 Å². The molecule has 6 heteroatoms. The quantitative estimate of drug-likeness (QED) is 0.709. The molecule has 0 saturated carbocycles. The Balaban J connectivity index is 2.60. The third-order valence-electron chi connectivity index (χ3n) is 2.29. The van der Waals surface area contributed by atoms with Crippen LogP contribution in [0.25, 0.3) is 0 Å². The van der Waals surface area contributed by atoms with Gasteiger partial charge in [0, 0.05) is 0 Å². The minimum absolute atomic E-state index is 0.100. The van der Waals surface area contributed by atoms with Crippen LogP contribution in [0.5, 0.6) is 0 Å². The van der Waals surface area contributed by atoms with Crippen molar-refractivity contribution in [2.24, 2.45) is 0 Å². The molecule has 0 aromatic carbocycles. The lowest BCUT2D eigenvalue weighted by molar-refractivity contribution is -0.147. The molecular weight excluding hydrogens is 238 g/mol. The number of esters is 1. The molecule has 1 fully saturated rings. The molecule has 6 nitrogen and oxygen atoms in total. The molecule has 0 aromatic heterocycles. The Hall–Kier alpha value is -1.30. The fourth-order valence-electron chi connectivity index (χ4n) is 1.41. The fourth-order valence-corrected chi connectivity index (χ4v) is 1.41. The van der Waals surface area contributed by atoms with Crippen molar-refractivity contribution in [2.45, 2.75) is 39.3 Å². The average molecular weight is 259 g/mol. The minimum atomic E-state index is -0.589. The highest BCUT2D eigenvalue weighted by molar-refractivity contribution is 5.78. The van der Waals surface area contributed by atoms with Gasteiger partial charge in [-0.25, -0.2) is 4.79 Å². The Morgan fingerprint density at radius 1 is 1.33 bits per heavy atom. The normalized spacial score (nSPS) is 15.8. The van der Waals surface area contributed by atoms with Gasteiger partial charge in [0.2, 0.25) is 0 Å². The molecule has 1 rings (SSSR count). The lowest BCUT2D eigenvalue weighted by Crippen LogP contribution is -2.54. The van der Waals surface area contributed by atoms with Gasteiger partial charge in [-0.2, -0.15) is 0 Å². The zero-order chi connectivity index (χ0) is 13.8. The van der Waals surface area contributed by atoms with Gasteiger partial charge in [0.05, 0.1) is 25.9 Å². The van der Waals surface area contributed by atoms with Gasteiger partial charge in [0.1, 0.15) is 12.1 Å². The second-order valence-electron chi connectivity index (χ2n) is 5.10. The van der Waals surface area contributed by atoms with E-state index in [1.807, 2.05) is 0 Å². The van der Waals surface area contributed by atoms with Crippen molar-refractivity contribution in [2.75, 3.05) is 26.4 Å². The first-order chi connectivity index (χ1) is 8.33. The summed E-state index contributed by atoms with van der Waals surface area (Å²) in [5, 5.41) is 0. The molecule has 1 aliphatic heterocycles. The summed E-state index contributed by atoms with van der Waals surface area (Å²) in [5.74, 6) is -0.435. The van der Waals surface area contributed by atoms with Gasteiger partial charge >= 0.3 is 12.1 Å². The molecule has 0 atom stereocenters. The van der Waals surface area contributed by atoms with E-state index in [0.717, 1.165) is 0 Å². The van der Waals surface area contributed by atoms with E-state index in [4.69, 9.17) is 14.2 Å². The first-order valence-electron chi connectivity index (χ1n) is 6.06. The van der Waals surface area contributed by atoms with Crippen LogP contribution in [0.4, 0.5) is 4.79 Å². The molecular formula is C12H21NO5. The highest BCUT2D eigenvalue weighted by Crippen LogP contribution is 2.16. The molecule has 0 aromatic rings. The van der Waals surface area contributed by atoms with Crippen molar-refractivity contribution in [3.63, 3.8) is 0 Å². The highest BCUT2D eigenvalue weighted by atomic mass is 16.6. The third-order valence-corrected chi connectivity index (χ3v) is 2.29. The Morgan fingerprint density at radius 2 is 1.94 bits per heavy atom. The number of nitrogens with zero attached hydrogens (tertiary/aromatic N) is 1. The molecule has 1 amide bonds. The van der Waals surface area contributed by atoms with E-state index in [1.165, 1.54) is 4.90 Å². The monoisotopic (exact) mass is 259 g/mol. The van der Waals surface area contributed by atoms with Gasteiger partial charge in [-0.3, -0.25) is 9.69 Å². The summed E-state index contributed by atoms with van der Waals surface area (Å²) in [6.45, 7) is 8.12. The predicted molar refractivity (Wildman–Crippen MR) is 64.2 cm³/mol. The Labute approximate surface area is 107 Å². The number of ether oxygens (including phenoxy) is 3. The van der Waals surface area contributed by atoms with Gasteiger partial charge < -0.3 is 14.2 Å². The largest absolute Gasteiger partial charge is 0.465 e. The number of rotatable bonds is 4. The number of carbonyl (C=O) groups is 2. The minimum Gasteiger partial charge on any atom is -0.465 e. The van der Waals surface area contributed by atoms with Crippen molar-refractivity contribution < 1.29 is 23.8 Å². The zero-order valence-electron chi connectivity index (χ0n) is 11.4. The van der Waals surface area contributed by atoms with E-state index in [0.29, 0.717) is 19.8 Å². The molecule has 0 bridgehead atoms. The lowest BCUT2D eigenvalue weighted by atomic mass is 10.2. The summed E-state index contributed by atoms with van der Waals surface area (Å²) in [7, 11) is 0. The van der Waals surface area contributed by atoms with Crippen molar-refractivity contribution in [3.8, 4) is 0 Å². The molecule has 104 valence electrons. The van der Waals surface area contributed by atoms with E-state index in [2.05, 4.69) is 0 Å². The van der Waals surface area contributed by atoms with Gasteiger partial charge in [-0.15, -0.1) is 0 Å². The lowest BCUT2D eigenvalue weighted by Gasteiger charge is -2.37. The van der Waals surface area contributed by atoms with Crippen LogP contribution < -0.4 is 0 Å². The molecule has 1 heterocycles. The van der Waals surface area contributed by atoms with Crippen LogP contribution in [-0.4, -0.2) is 55.0 Å². The molecule has 0 unspecified atom stereocenters. The summed E-state index contributed by atoms with van der Waals surface area (Å²) in [4.78, 5) is 24.8. The summed E-state index contributed by atoms with van der Waals surface area (Å²) >= 11 is 0. The van der Waals surface area contributed by atoms with Crippen LogP contribution in [0.15, 0.2) is 0 Å². The van der Waals surface area contributed by atoms with Crippen LogP contribution in [0, 0.1) is 0 Å². The second-order valence-corrected chi connectivity index (χ2v) is 5.10. The van der Waals surface area contributed by atoms with Crippen molar-refractivity contribution >= 4 is 12.1 Å². The predicted octanol–water partition coefficient (Wildman–Crippen LogP) is 1.19. The zero-order valence-corrected chi connectivity index (χ0v) is 11.4. The molecule has 0 radical (unpaired) electrons. The molecule has 1 saturated heterocycles. The van der Waals surface area contributed by atoms with Gasteiger partial charge in [0.25, 0.3) is 0 Å². The molecule has 0 N–H and O–H groups in total. The van der Waals surface area contributed by atoms with E-state index < -0.39 is 17.7 Å². The fraction of sp³-hybridized carbons (Fsp3) is 0.833. The molecule has 0 aliphatic carbocycles. The SMILES string of the molecule is CCOC(=O)CN(C(=O)OC(C)(C)C)C1COC1. The second kappa shape index (κ2) is 6.04. The smallest absolute Gasteiger partial charge is 0.411 e. The van der Waals surface area contributed by atoms with Crippen molar-refractivity contribution in [3.05, 3.63) is 0 Å². The summed E-state index contributed by atoms with van der Waals surface area (Å²) < 4.78 is 15.1. The maximum atomic E-state index is 12.0. The van der Waals surface area contributed by atoms with Crippen LogP contribution in [0.3, 0.4) is 0 Å². The van der Waals surface area contributed by atoms with E-state index in [1.54, 1.807) is 27.7 Å². The standard InChI is InChI=1S/C12H21NO5/c1-5-17-10(14)6-13(9-7-16-8-9)11(15)18-12(2,3)4/h9H,5-8H2,1-4H3. The first-order valence-corrected chi connectivity index (χ1v) is 6.06. The first kappa shape index (κ1) is 14.8. The van der Waals surface area contributed by atoms with E-state index >= 15 is 0 Å². The Bertz CT molecular complexity index is 306. The van der Waals surface area contributed by atoms with Gasteiger partial charge in [-0.1, -0.05) is 0 Å². The Morgan fingerprint density at radius 3 is 2.33 bits per heavy atom. The summed E-state index contributed by atoms with van der Waals surface area (Å²) in [6, 6.07) is -0.107. The number of carbonyl (C=O) groups excluding carboxylic acids is 2. The van der Waals surface area contributed by atoms with Crippen molar-refractivity contribution in [1.29, 1.82) is 0 Å². The summed E-state index contributed by atoms with van der Waals surface area (Å²) in [5.41, 5.74) is -0.589. The van der Waals surface area contributed by atoms with Crippen LogP contribution in [0.1, 0.15) is 27.7 Å². The number of amides is 1. The van der Waals surface area contributed by atoms with E-state index in [9.17, 15) is 9.59 Å². The highest BCUT2D eigenvalue weighted by Gasteiger charge is 2.34. The topological polar surface area (TPSA) is 65.1 Å². The molecule has 1 aliphatic rings. The van der Waals surface area contributed by atoms with Crippen LogP contribution >= 0.6 is 0 Å². The van der Waals surface area contributed by atoms with Gasteiger partial charge in [0.15, 0.2) is 0 Å². The third kappa shape index (κ3) is 4.52. The maximum absolute atomic E-state index is 12.0. The number of hydrogen-bond acceptors (Lipinski definition) is 5. The van der Waals surface area contributed by atoms with Crippen LogP contribution in [-0.2, 0) is 19.0 Å². The number of hydrogen-bond donors (Lipinski definition) is 0. The van der Waals surface area contributed by atoms with E-state index in [-0.39, 0.29) is 12.6 Å². The Kier molecular flexibility index (Phi) is 4.95. The summed E-state index contributed by atoms with van der Waals surface area (Å²) in [6.07, 6.45) is -0.510. The molecule has 0 spiro atoms. The maximum Gasteiger partial charge on any atom is 0.411 e. The van der Waals surface area contributed by atoms with Gasteiger partial charge in [-0.05, 0) is 27.7 Å². The average Bonchev–Trinajstić information content (AvgIpc) is 2.11. The van der Waals surface area contributed by atoms with Crippen molar-refractivity contribution in [1.82, 2.24) is 4.90 Å².